The number of ketones is 1. The highest BCUT2D eigenvalue weighted by atomic mass is 32.3. The van der Waals surface area contributed by atoms with Gasteiger partial charge in [0.15, 0.2) is 0 Å². The number of carbonyl (C=O) groups excluding carboxylic acids is 1. The Bertz CT molecular complexity index is 977. The average Bonchev–Trinajstić information content (AvgIpc) is 2.77. The van der Waals surface area contributed by atoms with Crippen molar-refractivity contribution >= 4 is 16.2 Å². The molecule has 3 aliphatic carbocycles. The van der Waals surface area contributed by atoms with Gasteiger partial charge in [-0.1, -0.05) is 13.0 Å². The Kier molecular flexibility index (Phi) is 2.66. The molecule has 0 aromatic heterocycles. The summed E-state index contributed by atoms with van der Waals surface area (Å²) in [5.41, 5.74) is 0.715. The van der Waals surface area contributed by atoms with E-state index < -0.39 is 27.9 Å². The summed E-state index contributed by atoms with van der Waals surface area (Å²) in [4.78, 5) is 12.7. The minimum atomic E-state index is -4.83. The Morgan fingerprint density at radius 2 is 2.21 bits per heavy atom. The first-order valence-electron chi connectivity index (χ1n) is 10.2. The van der Waals surface area contributed by atoms with Crippen LogP contribution in [0.2, 0.25) is 0 Å². The average molecular weight is 354 g/mol. The van der Waals surface area contributed by atoms with Crippen LogP contribution in [0.5, 0.6) is 5.75 Å². The van der Waals surface area contributed by atoms with Crippen molar-refractivity contribution < 1.29 is 27.4 Å². The number of carbonyl (C=O) groups is 1. The molecule has 0 amide bonds. The minimum absolute atomic E-state index is 0.00323. The van der Waals surface area contributed by atoms with Crippen molar-refractivity contribution in [3.63, 3.8) is 0 Å². The van der Waals surface area contributed by atoms with Crippen molar-refractivity contribution in [2.75, 3.05) is 0 Å². The van der Waals surface area contributed by atoms with Gasteiger partial charge in [-0.2, -0.15) is 8.42 Å². The van der Waals surface area contributed by atoms with E-state index in [-0.39, 0.29) is 42.0 Å². The van der Waals surface area contributed by atoms with E-state index in [1.165, 1.54) is 6.07 Å². The minimum Gasteiger partial charge on any atom is -0.362 e. The van der Waals surface area contributed by atoms with E-state index >= 15 is 0 Å². The number of fused-ring (bicyclic) bond motifs is 5. The smallest absolute Gasteiger partial charge is 0.362 e. The molecule has 4 rings (SSSR count). The quantitative estimate of drug-likeness (QED) is 0.824. The maximum Gasteiger partial charge on any atom is 0.446 e. The van der Waals surface area contributed by atoms with Gasteiger partial charge in [0, 0.05) is 14.5 Å². The molecule has 0 radical (unpaired) electrons. The second-order valence-electron chi connectivity index (χ2n) is 7.27. The van der Waals surface area contributed by atoms with Gasteiger partial charge in [0.2, 0.25) is 0 Å². The molecule has 3 aliphatic rings. The number of hydrogen-bond donors (Lipinski definition) is 1. The van der Waals surface area contributed by atoms with E-state index in [2.05, 4.69) is 4.18 Å². The Morgan fingerprint density at radius 1 is 1.42 bits per heavy atom. The van der Waals surface area contributed by atoms with Gasteiger partial charge >= 0.3 is 10.4 Å². The fourth-order valence-electron chi connectivity index (χ4n) is 4.93. The predicted octanol–water partition coefficient (Wildman–Crippen LogP) is 3.29. The first-order chi connectivity index (χ1) is 12.8. The summed E-state index contributed by atoms with van der Waals surface area (Å²) in [6.45, 7) is 1.87. The molecule has 6 heteroatoms. The summed E-state index contributed by atoms with van der Waals surface area (Å²) in [7, 11) is -4.83. The summed E-state index contributed by atoms with van der Waals surface area (Å²) < 4.78 is 68.1. The van der Waals surface area contributed by atoms with Gasteiger partial charge in [-0.3, -0.25) is 9.35 Å². The molecular formula is C18H22O5S. The normalized spacial score (nSPS) is 39.6. The Balaban J connectivity index is 1.75. The second-order valence-corrected chi connectivity index (χ2v) is 8.29. The zero-order valence-corrected chi connectivity index (χ0v) is 14.1. The molecule has 24 heavy (non-hydrogen) atoms. The number of Topliss-reactive ketones (excluding diaryl/α,β-unsaturated/α-hetero) is 1. The summed E-state index contributed by atoms with van der Waals surface area (Å²) in [5, 5.41) is 0. The second kappa shape index (κ2) is 5.30. The zero-order chi connectivity index (χ0) is 20.6. The highest BCUT2D eigenvalue weighted by Gasteiger charge is 2.54. The third kappa shape index (κ3) is 2.47. The molecule has 0 spiro atoms. The highest BCUT2D eigenvalue weighted by Crippen LogP contribution is 2.59. The molecule has 4 atom stereocenters. The number of benzene rings is 1. The molecule has 0 saturated heterocycles. The first kappa shape index (κ1) is 12.0. The summed E-state index contributed by atoms with van der Waals surface area (Å²) in [6, 6.07) is 1.01. The van der Waals surface area contributed by atoms with E-state index in [4.69, 9.17) is 10.0 Å². The highest BCUT2D eigenvalue weighted by molar-refractivity contribution is 7.81. The van der Waals surface area contributed by atoms with Crippen LogP contribution >= 0.6 is 0 Å². The van der Waals surface area contributed by atoms with Gasteiger partial charge in [0.25, 0.3) is 0 Å². The van der Waals surface area contributed by atoms with Crippen LogP contribution in [0.1, 0.15) is 61.5 Å². The summed E-state index contributed by atoms with van der Waals surface area (Å²) in [6.07, 6.45) is 0.717. The van der Waals surface area contributed by atoms with Crippen LogP contribution in [-0.2, 0) is 21.6 Å². The van der Waals surface area contributed by atoms with E-state index in [0.29, 0.717) is 31.2 Å². The standard InChI is InChI=1S/C18H22O5S/c1-18-9-8-14-13-5-3-12(23-24(20,21)22)10-11(13)2-4-15(14)16(18)6-7-17(18)19/h3,5,10,14-16H,2,4,6-9H2,1H3,(H,20,21,22)/i3D,7D2,10D. The van der Waals surface area contributed by atoms with Gasteiger partial charge in [-0.15, -0.1) is 0 Å². The van der Waals surface area contributed by atoms with Gasteiger partial charge in [-0.05, 0) is 73.1 Å². The molecule has 1 aromatic rings. The molecule has 0 aliphatic heterocycles. The summed E-state index contributed by atoms with van der Waals surface area (Å²) in [5.74, 6) is -0.795. The van der Waals surface area contributed by atoms with E-state index in [9.17, 15) is 13.2 Å². The first-order valence-corrected chi connectivity index (χ1v) is 9.56. The monoisotopic (exact) mass is 354 g/mol. The topological polar surface area (TPSA) is 80.7 Å². The number of rotatable bonds is 2. The third-order valence-corrected chi connectivity index (χ3v) is 6.49. The molecule has 0 heterocycles. The molecule has 1 aromatic carbocycles. The van der Waals surface area contributed by atoms with Crippen molar-refractivity contribution in [3.05, 3.63) is 29.3 Å². The Morgan fingerprint density at radius 3 is 2.96 bits per heavy atom. The van der Waals surface area contributed by atoms with Crippen molar-refractivity contribution in [3.8, 4) is 5.75 Å². The van der Waals surface area contributed by atoms with Crippen LogP contribution in [0.15, 0.2) is 18.2 Å². The van der Waals surface area contributed by atoms with Crippen molar-refractivity contribution in [2.24, 2.45) is 17.3 Å². The molecular weight excluding hydrogens is 328 g/mol. The molecule has 1 N–H and O–H groups in total. The molecule has 5 nitrogen and oxygen atoms in total. The van der Waals surface area contributed by atoms with Crippen LogP contribution in [0.3, 0.4) is 0 Å². The zero-order valence-electron chi connectivity index (χ0n) is 17.3. The van der Waals surface area contributed by atoms with Crippen molar-refractivity contribution in [1.82, 2.24) is 0 Å². The number of hydrogen-bond acceptors (Lipinski definition) is 4. The lowest BCUT2D eigenvalue weighted by Crippen LogP contribution is -2.42. The van der Waals surface area contributed by atoms with E-state index in [1.54, 1.807) is 0 Å². The molecule has 0 bridgehead atoms. The fourth-order valence-corrected chi connectivity index (χ4v) is 5.23. The van der Waals surface area contributed by atoms with Crippen molar-refractivity contribution in [2.45, 2.75) is 51.3 Å². The largest absolute Gasteiger partial charge is 0.446 e. The maximum atomic E-state index is 12.7. The van der Waals surface area contributed by atoms with Crippen LogP contribution in [0.25, 0.3) is 0 Å². The molecule has 2 saturated carbocycles. The van der Waals surface area contributed by atoms with Crippen LogP contribution in [-0.4, -0.2) is 18.8 Å². The van der Waals surface area contributed by atoms with E-state index in [1.807, 2.05) is 6.92 Å². The Labute approximate surface area is 148 Å². The lowest BCUT2D eigenvalue weighted by Gasteiger charge is -2.48. The van der Waals surface area contributed by atoms with Crippen LogP contribution in [0.4, 0.5) is 0 Å². The van der Waals surface area contributed by atoms with Crippen LogP contribution < -0.4 is 4.18 Å². The lowest BCUT2D eigenvalue weighted by molar-refractivity contribution is -0.129. The fraction of sp³-hybridized carbons (Fsp3) is 0.611. The SMILES string of the molecule is [2H]c1cc2c(c([2H])c1OS(=O)(=O)O)CCC1C2CCC2(C)C(=O)C([2H])([2H])CC12. The molecule has 4 unspecified atom stereocenters. The maximum absolute atomic E-state index is 12.7. The van der Waals surface area contributed by atoms with Gasteiger partial charge in [-0.25, -0.2) is 0 Å². The lowest BCUT2D eigenvalue weighted by atomic mass is 9.55. The molecule has 130 valence electrons. The van der Waals surface area contributed by atoms with Gasteiger partial charge < -0.3 is 4.18 Å². The van der Waals surface area contributed by atoms with Crippen LogP contribution in [0, 0.1) is 17.3 Å². The predicted molar refractivity (Wildman–Crippen MR) is 88.2 cm³/mol. The third-order valence-electron chi connectivity index (χ3n) is 6.12. The van der Waals surface area contributed by atoms with Crippen molar-refractivity contribution in [1.29, 1.82) is 0 Å². The van der Waals surface area contributed by atoms with Gasteiger partial charge in [0.1, 0.15) is 11.5 Å². The van der Waals surface area contributed by atoms with E-state index in [0.717, 1.165) is 5.56 Å². The van der Waals surface area contributed by atoms with Gasteiger partial charge in [0.05, 0.1) is 2.74 Å². The molecule has 2 fully saturated rings. The Hall–Kier alpha value is -1.40. The summed E-state index contributed by atoms with van der Waals surface area (Å²) >= 11 is 0.